The Morgan fingerprint density at radius 2 is 2.05 bits per heavy atom. The Balaban J connectivity index is 1.98. The number of hydrogen-bond acceptors (Lipinski definition) is 4. The third kappa shape index (κ3) is 2.67. The summed E-state index contributed by atoms with van der Waals surface area (Å²) < 4.78 is 5.32. The van der Waals surface area contributed by atoms with Gasteiger partial charge >= 0.3 is 0 Å². The van der Waals surface area contributed by atoms with E-state index < -0.39 is 0 Å². The fourth-order valence-electron chi connectivity index (χ4n) is 2.06. The number of hydrogen-bond donors (Lipinski definition) is 1. The minimum atomic E-state index is -0.232. The highest BCUT2D eigenvalue weighted by Gasteiger charge is 2.11. The number of fused-ring (bicyclic) bond motifs is 1. The summed E-state index contributed by atoms with van der Waals surface area (Å²) in [7, 11) is 1.56. The highest BCUT2D eigenvalue weighted by molar-refractivity contribution is 6.06. The number of nitrogens with zero attached hydrogens (tertiary/aromatic N) is 2. The number of benzene rings is 1. The van der Waals surface area contributed by atoms with Gasteiger partial charge in [-0.05, 0) is 24.3 Å². The number of aromatic nitrogens is 2. The summed E-state index contributed by atoms with van der Waals surface area (Å²) >= 11 is 0. The van der Waals surface area contributed by atoms with E-state index in [0.29, 0.717) is 17.0 Å². The van der Waals surface area contributed by atoms with Crippen LogP contribution < -0.4 is 10.1 Å². The van der Waals surface area contributed by atoms with E-state index in [1.54, 1.807) is 37.7 Å². The van der Waals surface area contributed by atoms with Crippen molar-refractivity contribution in [3.63, 3.8) is 0 Å². The molecule has 0 spiro atoms. The quantitative estimate of drug-likeness (QED) is 0.800. The Morgan fingerprint density at radius 1 is 1.19 bits per heavy atom. The number of ether oxygens (including phenoxy) is 1. The van der Waals surface area contributed by atoms with Crippen molar-refractivity contribution in [3.05, 3.63) is 60.6 Å². The van der Waals surface area contributed by atoms with E-state index in [0.717, 1.165) is 10.9 Å². The van der Waals surface area contributed by atoms with Crippen LogP contribution in [-0.4, -0.2) is 23.0 Å². The van der Waals surface area contributed by atoms with Crippen LogP contribution >= 0.6 is 0 Å². The number of amides is 1. The summed E-state index contributed by atoms with van der Waals surface area (Å²) in [5.74, 6) is 0.336. The van der Waals surface area contributed by atoms with Crippen molar-refractivity contribution in [2.75, 3.05) is 12.4 Å². The zero-order chi connectivity index (χ0) is 14.7. The first kappa shape index (κ1) is 13.1. The SMILES string of the molecule is COc1cc2ncccc2cc1NC(=O)c1cccnc1. The minimum absolute atomic E-state index is 0.232. The molecule has 1 aromatic carbocycles. The Morgan fingerprint density at radius 3 is 2.81 bits per heavy atom. The molecule has 1 amide bonds. The standard InChI is InChI=1S/C16H13N3O2/c1-21-15-9-13-11(4-3-7-18-13)8-14(15)19-16(20)12-5-2-6-17-10-12/h2-10H,1H3,(H,19,20). The molecule has 0 fully saturated rings. The van der Waals surface area contributed by atoms with Gasteiger partial charge in [0.15, 0.2) is 0 Å². The molecule has 0 aliphatic heterocycles. The number of rotatable bonds is 3. The third-order valence-electron chi connectivity index (χ3n) is 3.10. The second-order valence-corrected chi connectivity index (χ2v) is 4.44. The maximum absolute atomic E-state index is 12.2. The van der Waals surface area contributed by atoms with Crippen LogP contribution in [0.2, 0.25) is 0 Å². The van der Waals surface area contributed by atoms with Crippen LogP contribution in [0.25, 0.3) is 10.9 Å². The molecule has 0 aliphatic carbocycles. The van der Waals surface area contributed by atoms with Crippen LogP contribution in [0.3, 0.4) is 0 Å². The van der Waals surface area contributed by atoms with E-state index in [1.807, 2.05) is 18.2 Å². The normalized spacial score (nSPS) is 10.3. The molecule has 21 heavy (non-hydrogen) atoms. The third-order valence-corrected chi connectivity index (χ3v) is 3.10. The molecule has 0 bridgehead atoms. The predicted octanol–water partition coefficient (Wildman–Crippen LogP) is 2.89. The van der Waals surface area contributed by atoms with Crippen LogP contribution in [0, 0.1) is 0 Å². The number of carbonyl (C=O) groups excluding carboxylic acids is 1. The molecule has 104 valence electrons. The molecule has 1 N–H and O–H groups in total. The van der Waals surface area contributed by atoms with E-state index in [9.17, 15) is 4.79 Å². The van der Waals surface area contributed by atoms with Crippen molar-refractivity contribution in [2.24, 2.45) is 0 Å². The lowest BCUT2D eigenvalue weighted by Crippen LogP contribution is -2.12. The van der Waals surface area contributed by atoms with Gasteiger partial charge in [-0.1, -0.05) is 6.07 Å². The number of carbonyl (C=O) groups is 1. The predicted molar refractivity (Wildman–Crippen MR) is 80.5 cm³/mol. The van der Waals surface area contributed by atoms with Crippen LogP contribution in [0.4, 0.5) is 5.69 Å². The van der Waals surface area contributed by atoms with Crippen LogP contribution in [0.1, 0.15) is 10.4 Å². The lowest BCUT2D eigenvalue weighted by atomic mass is 10.1. The maximum atomic E-state index is 12.2. The lowest BCUT2D eigenvalue weighted by molar-refractivity contribution is 0.102. The molecule has 3 aromatic rings. The summed E-state index contributed by atoms with van der Waals surface area (Å²) in [5, 5.41) is 3.77. The highest BCUT2D eigenvalue weighted by Crippen LogP contribution is 2.29. The highest BCUT2D eigenvalue weighted by atomic mass is 16.5. The van der Waals surface area contributed by atoms with Gasteiger partial charge in [-0.3, -0.25) is 14.8 Å². The minimum Gasteiger partial charge on any atom is -0.494 e. The van der Waals surface area contributed by atoms with Gasteiger partial charge in [-0.15, -0.1) is 0 Å². The fraction of sp³-hybridized carbons (Fsp3) is 0.0625. The lowest BCUT2D eigenvalue weighted by Gasteiger charge is -2.11. The average molecular weight is 279 g/mol. The van der Waals surface area contributed by atoms with Crippen molar-refractivity contribution >= 4 is 22.5 Å². The van der Waals surface area contributed by atoms with Gasteiger partial charge in [0.25, 0.3) is 5.91 Å². The molecule has 2 aromatic heterocycles. The number of pyridine rings is 2. The molecule has 0 radical (unpaired) electrons. The van der Waals surface area contributed by atoms with Gasteiger partial charge in [-0.25, -0.2) is 0 Å². The number of methoxy groups -OCH3 is 1. The molecular formula is C16H13N3O2. The molecule has 0 atom stereocenters. The van der Waals surface area contributed by atoms with E-state index in [1.165, 1.54) is 6.20 Å². The van der Waals surface area contributed by atoms with Crippen molar-refractivity contribution in [2.45, 2.75) is 0 Å². The van der Waals surface area contributed by atoms with E-state index >= 15 is 0 Å². The second-order valence-electron chi connectivity index (χ2n) is 4.44. The Labute approximate surface area is 121 Å². The largest absolute Gasteiger partial charge is 0.494 e. The van der Waals surface area contributed by atoms with Gasteiger partial charge < -0.3 is 10.1 Å². The summed E-state index contributed by atoms with van der Waals surface area (Å²) in [6.07, 6.45) is 4.86. The molecule has 0 aliphatic rings. The number of nitrogens with one attached hydrogen (secondary N) is 1. The van der Waals surface area contributed by atoms with Crippen LogP contribution in [0.5, 0.6) is 5.75 Å². The molecular weight excluding hydrogens is 266 g/mol. The summed E-state index contributed by atoms with van der Waals surface area (Å²) in [6, 6.07) is 10.8. The Kier molecular flexibility index (Phi) is 3.47. The molecule has 5 heteroatoms. The first-order valence-corrected chi connectivity index (χ1v) is 6.42. The summed E-state index contributed by atoms with van der Waals surface area (Å²) in [5.41, 5.74) is 1.91. The zero-order valence-corrected chi connectivity index (χ0v) is 11.4. The summed E-state index contributed by atoms with van der Waals surface area (Å²) in [6.45, 7) is 0. The zero-order valence-electron chi connectivity index (χ0n) is 11.4. The Hall–Kier alpha value is -2.95. The van der Waals surface area contributed by atoms with Crippen molar-refractivity contribution in [1.82, 2.24) is 9.97 Å². The van der Waals surface area contributed by atoms with Gasteiger partial charge in [-0.2, -0.15) is 0 Å². The molecule has 3 rings (SSSR count). The molecule has 2 heterocycles. The number of anilines is 1. The molecule has 0 unspecified atom stereocenters. The van der Waals surface area contributed by atoms with Gasteiger partial charge in [0.2, 0.25) is 0 Å². The van der Waals surface area contributed by atoms with Crippen LogP contribution in [0.15, 0.2) is 55.0 Å². The molecule has 0 saturated heterocycles. The molecule has 5 nitrogen and oxygen atoms in total. The summed E-state index contributed by atoms with van der Waals surface area (Å²) in [4.78, 5) is 20.4. The first-order valence-electron chi connectivity index (χ1n) is 6.42. The maximum Gasteiger partial charge on any atom is 0.257 e. The van der Waals surface area contributed by atoms with Gasteiger partial charge in [0, 0.05) is 30.0 Å². The smallest absolute Gasteiger partial charge is 0.257 e. The monoisotopic (exact) mass is 279 g/mol. The van der Waals surface area contributed by atoms with Crippen molar-refractivity contribution < 1.29 is 9.53 Å². The van der Waals surface area contributed by atoms with Crippen molar-refractivity contribution in [1.29, 1.82) is 0 Å². The Bertz CT molecular complexity index is 788. The first-order chi connectivity index (χ1) is 10.3. The average Bonchev–Trinajstić information content (AvgIpc) is 2.55. The van der Waals surface area contributed by atoms with E-state index in [4.69, 9.17) is 4.74 Å². The van der Waals surface area contributed by atoms with Gasteiger partial charge in [0.05, 0.1) is 23.9 Å². The topological polar surface area (TPSA) is 64.1 Å². The molecule has 0 saturated carbocycles. The fourth-order valence-corrected chi connectivity index (χ4v) is 2.06. The second kappa shape index (κ2) is 5.58. The van der Waals surface area contributed by atoms with E-state index in [2.05, 4.69) is 15.3 Å². The van der Waals surface area contributed by atoms with Gasteiger partial charge in [0.1, 0.15) is 5.75 Å². The van der Waals surface area contributed by atoms with Crippen molar-refractivity contribution in [3.8, 4) is 5.75 Å². The van der Waals surface area contributed by atoms with E-state index in [-0.39, 0.29) is 5.91 Å². The van der Waals surface area contributed by atoms with Crippen LogP contribution in [-0.2, 0) is 0 Å².